The summed E-state index contributed by atoms with van der Waals surface area (Å²) in [6.45, 7) is 1.43. The molecule has 1 aromatic rings. The molecule has 0 bridgehead atoms. The molecular formula is C12H13F3N4O2. The number of nitrogens with one attached hydrogen (secondary N) is 1. The summed E-state index contributed by atoms with van der Waals surface area (Å²) in [6.07, 6.45) is -4.48. The summed E-state index contributed by atoms with van der Waals surface area (Å²) in [4.78, 5) is 13.9. The molecule has 0 fully saturated rings. The highest BCUT2D eigenvalue weighted by Crippen LogP contribution is 2.31. The van der Waals surface area contributed by atoms with Crippen LogP contribution in [0.1, 0.15) is 18.1 Å². The van der Waals surface area contributed by atoms with Crippen molar-refractivity contribution in [2.24, 2.45) is 5.11 Å². The lowest BCUT2D eigenvalue weighted by atomic mass is 9.91. The highest BCUT2D eigenvalue weighted by molar-refractivity contribution is 5.80. The van der Waals surface area contributed by atoms with Crippen LogP contribution in [-0.2, 0) is 16.5 Å². The number of hydrogen-bond acceptors (Lipinski definition) is 3. The van der Waals surface area contributed by atoms with Gasteiger partial charge in [0.15, 0.2) is 0 Å². The minimum Gasteiger partial charge on any atom is -0.480 e. The Labute approximate surface area is 118 Å². The second kappa shape index (κ2) is 6.47. The van der Waals surface area contributed by atoms with Crippen LogP contribution in [0.4, 0.5) is 13.2 Å². The van der Waals surface area contributed by atoms with Gasteiger partial charge >= 0.3 is 12.1 Å². The van der Waals surface area contributed by atoms with Gasteiger partial charge in [-0.1, -0.05) is 17.2 Å². The van der Waals surface area contributed by atoms with Crippen LogP contribution in [-0.4, -0.2) is 24.2 Å². The van der Waals surface area contributed by atoms with E-state index in [1.54, 1.807) is 0 Å². The third-order valence-electron chi connectivity index (χ3n) is 2.97. The first-order chi connectivity index (χ1) is 9.71. The molecule has 21 heavy (non-hydrogen) atoms. The topological polar surface area (TPSA) is 98.1 Å². The highest BCUT2D eigenvalue weighted by Gasteiger charge is 2.36. The average molecular weight is 302 g/mol. The number of benzene rings is 1. The normalized spacial score (nSPS) is 14.1. The second-order valence-corrected chi connectivity index (χ2v) is 4.39. The molecule has 0 radical (unpaired) electrons. The number of aliphatic carboxylic acids is 1. The predicted molar refractivity (Wildman–Crippen MR) is 68.4 cm³/mol. The Balaban J connectivity index is 2.99. The van der Waals surface area contributed by atoms with E-state index < -0.39 is 23.2 Å². The predicted octanol–water partition coefficient (Wildman–Crippen LogP) is 2.91. The van der Waals surface area contributed by atoms with Crippen molar-refractivity contribution in [1.29, 1.82) is 0 Å². The number of halogens is 3. The maximum atomic E-state index is 12.5. The van der Waals surface area contributed by atoms with Crippen LogP contribution in [0.25, 0.3) is 10.4 Å². The fraction of sp³-hybridized carbons (Fsp3) is 0.417. The average Bonchev–Trinajstić information content (AvgIpc) is 2.42. The van der Waals surface area contributed by atoms with E-state index in [9.17, 15) is 23.1 Å². The van der Waals surface area contributed by atoms with Gasteiger partial charge in [0.25, 0.3) is 0 Å². The molecule has 0 aliphatic heterocycles. The van der Waals surface area contributed by atoms with Crippen LogP contribution in [0.2, 0.25) is 0 Å². The van der Waals surface area contributed by atoms with Crippen LogP contribution in [0, 0.1) is 0 Å². The van der Waals surface area contributed by atoms with E-state index in [-0.39, 0.29) is 18.7 Å². The van der Waals surface area contributed by atoms with Crippen molar-refractivity contribution in [2.45, 2.75) is 18.6 Å². The minimum absolute atomic E-state index is 0.0278. The zero-order chi connectivity index (χ0) is 16.1. The van der Waals surface area contributed by atoms with E-state index in [4.69, 9.17) is 5.53 Å². The Morgan fingerprint density at radius 3 is 2.29 bits per heavy atom. The van der Waals surface area contributed by atoms with Gasteiger partial charge in [0.2, 0.25) is 0 Å². The van der Waals surface area contributed by atoms with Gasteiger partial charge in [-0.25, -0.2) is 4.79 Å². The van der Waals surface area contributed by atoms with Crippen molar-refractivity contribution in [3.63, 3.8) is 0 Å². The number of carboxylic acid groups (broad SMARTS) is 1. The number of alkyl halides is 3. The maximum Gasteiger partial charge on any atom is 0.416 e. The molecule has 0 aromatic heterocycles. The molecule has 1 atom stereocenters. The van der Waals surface area contributed by atoms with Gasteiger partial charge in [-0.3, -0.25) is 5.32 Å². The molecule has 6 nitrogen and oxygen atoms in total. The van der Waals surface area contributed by atoms with E-state index in [1.807, 2.05) is 0 Å². The number of rotatable bonds is 6. The molecule has 1 rings (SSSR count). The summed E-state index contributed by atoms with van der Waals surface area (Å²) >= 11 is 0. The quantitative estimate of drug-likeness (QED) is 0.366. The Kier molecular flexibility index (Phi) is 5.17. The van der Waals surface area contributed by atoms with Gasteiger partial charge in [0.05, 0.1) is 5.56 Å². The third-order valence-corrected chi connectivity index (χ3v) is 2.97. The summed E-state index contributed by atoms with van der Waals surface area (Å²) in [6, 6.07) is 3.87. The van der Waals surface area contributed by atoms with E-state index in [0.717, 1.165) is 24.3 Å². The summed E-state index contributed by atoms with van der Waals surface area (Å²) in [5.41, 5.74) is 5.88. The van der Waals surface area contributed by atoms with Crippen LogP contribution >= 0.6 is 0 Å². The second-order valence-electron chi connectivity index (χ2n) is 4.39. The van der Waals surface area contributed by atoms with Gasteiger partial charge in [0.1, 0.15) is 5.54 Å². The third kappa shape index (κ3) is 4.11. The Bertz CT molecular complexity index is 553. The molecule has 2 N–H and O–H groups in total. The van der Waals surface area contributed by atoms with Crippen LogP contribution in [0.15, 0.2) is 29.4 Å². The zero-order valence-electron chi connectivity index (χ0n) is 11.1. The highest BCUT2D eigenvalue weighted by atomic mass is 19.4. The molecule has 0 amide bonds. The van der Waals surface area contributed by atoms with E-state index in [2.05, 4.69) is 15.3 Å². The van der Waals surface area contributed by atoms with Crippen molar-refractivity contribution >= 4 is 5.97 Å². The molecule has 9 heteroatoms. The monoisotopic (exact) mass is 302 g/mol. The standard InChI is InChI=1S/C12H13F3N4O2/c1-11(10(20)21,17-6-7-18-19-16)8-2-4-9(5-3-8)12(13,14)15/h2-5,17H,6-7H2,1H3,(H,20,21). The lowest BCUT2D eigenvalue weighted by Gasteiger charge is -2.27. The van der Waals surface area contributed by atoms with E-state index in [1.165, 1.54) is 6.92 Å². The summed E-state index contributed by atoms with van der Waals surface area (Å²) in [7, 11) is 0. The minimum atomic E-state index is -4.48. The molecule has 0 heterocycles. The number of carbonyl (C=O) groups is 1. The number of carboxylic acids is 1. The van der Waals surface area contributed by atoms with Crippen molar-refractivity contribution in [3.8, 4) is 0 Å². The zero-order valence-corrected chi connectivity index (χ0v) is 11.1. The molecule has 0 aliphatic rings. The first-order valence-electron chi connectivity index (χ1n) is 5.89. The number of azide groups is 1. The Hall–Kier alpha value is -2.25. The van der Waals surface area contributed by atoms with Gasteiger partial charge in [0, 0.05) is 18.0 Å². The summed E-state index contributed by atoms with van der Waals surface area (Å²) < 4.78 is 37.5. The van der Waals surface area contributed by atoms with Crippen molar-refractivity contribution < 1.29 is 23.1 Å². The van der Waals surface area contributed by atoms with Gasteiger partial charge < -0.3 is 5.11 Å². The van der Waals surface area contributed by atoms with Crippen LogP contribution in [0.3, 0.4) is 0 Å². The van der Waals surface area contributed by atoms with E-state index >= 15 is 0 Å². The first kappa shape index (κ1) is 16.8. The molecule has 0 spiro atoms. The fourth-order valence-corrected chi connectivity index (χ4v) is 1.69. The molecule has 0 saturated heterocycles. The Morgan fingerprint density at radius 1 is 1.33 bits per heavy atom. The molecular weight excluding hydrogens is 289 g/mol. The van der Waals surface area contributed by atoms with Crippen LogP contribution in [0.5, 0.6) is 0 Å². The van der Waals surface area contributed by atoms with Crippen LogP contribution < -0.4 is 5.32 Å². The largest absolute Gasteiger partial charge is 0.480 e. The SMILES string of the molecule is CC(NCCN=[N+]=[N-])(C(=O)O)c1ccc(C(F)(F)F)cc1. The van der Waals surface area contributed by atoms with Crippen molar-refractivity contribution in [2.75, 3.05) is 13.1 Å². The maximum absolute atomic E-state index is 12.5. The fourth-order valence-electron chi connectivity index (χ4n) is 1.69. The van der Waals surface area contributed by atoms with Crippen molar-refractivity contribution in [3.05, 3.63) is 45.8 Å². The summed E-state index contributed by atoms with van der Waals surface area (Å²) in [5.74, 6) is -1.25. The van der Waals surface area contributed by atoms with Gasteiger partial charge in [-0.2, -0.15) is 13.2 Å². The number of hydrogen-bond donors (Lipinski definition) is 2. The Morgan fingerprint density at radius 2 is 1.86 bits per heavy atom. The molecule has 0 aliphatic carbocycles. The van der Waals surface area contributed by atoms with E-state index in [0.29, 0.717) is 0 Å². The lowest BCUT2D eigenvalue weighted by Crippen LogP contribution is -2.47. The molecule has 0 saturated carbocycles. The lowest BCUT2D eigenvalue weighted by molar-refractivity contribution is -0.144. The first-order valence-corrected chi connectivity index (χ1v) is 5.89. The molecule has 1 unspecified atom stereocenters. The molecule has 114 valence electrons. The summed E-state index contributed by atoms with van der Waals surface area (Å²) in [5, 5.41) is 15.2. The van der Waals surface area contributed by atoms with Crippen molar-refractivity contribution in [1.82, 2.24) is 5.32 Å². The van der Waals surface area contributed by atoms with Gasteiger partial charge in [-0.15, -0.1) is 0 Å². The smallest absolute Gasteiger partial charge is 0.416 e. The number of nitrogens with zero attached hydrogens (tertiary/aromatic N) is 3. The van der Waals surface area contributed by atoms with Gasteiger partial charge in [-0.05, 0) is 30.2 Å². The molecule has 1 aromatic carbocycles.